The molecular weight excluding hydrogens is 458 g/mol. The Morgan fingerprint density at radius 2 is 1.40 bits per heavy atom. The smallest absolute Gasteiger partial charge is 0.340 e. The average molecular weight is 481 g/mol. The van der Waals surface area contributed by atoms with Gasteiger partial charge in [-0.15, -0.1) is 6.42 Å². The van der Waals surface area contributed by atoms with Gasteiger partial charge >= 0.3 is 5.97 Å². The molecule has 5 nitrogen and oxygen atoms in total. The van der Waals surface area contributed by atoms with Gasteiger partial charge in [-0.05, 0) is 55.5 Å². The van der Waals surface area contributed by atoms with Crippen molar-refractivity contribution < 1.29 is 14.5 Å². The van der Waals surface area contributed by atoms with Gasteiger partial charge in [0.2, 0.25) is 0 Å². The van der Waals surface area contributed by atoms with Crippen LogP contribution in [-0.4, -0.2) is 10.9 Å². The first-order valence-electron chi connectivity index (χ1n) is 10.8. The lowest BCUT2D eigenvalue weighted by Crippen LogP contribution is -2.27. The molecular formula is C29H22NO4S+. The minimum Gasteiger partial charge on any atom is -0.438 e. The molecule has 0 N–H and O–H groups in total. The molecule has 4 aromatic carbocycles. The molecule has 1 unspecified atom stereocenters. The van der Waals surface area contributed by atoms with Gasteiger partial charge in [0.1, 0.15) is 0 Å². The van der Waals surface area contributed by atoms with Crippen LogP contribution in [0.1, 0.15) is 22.8 Å². The number of ether oxygens (including phenoxy) is 1. The van der Waals surface area contributed by atoms with Crippen molar-refractivity contribution in [3.63, 3.8) is 0 Å². The molecule has 0 aliphatic rings. The summed E-state index contributed by atoms with van der Waals surface area (Å²) in [7, 11) is -0.421. The molecule has 0 aliphatic carbocycles. The molecule has 0 saturated heterocycles. The predicted octanol–water partition coefficient (Wildman–Crippen LogP) is 6.40. The van der Waals surface area contributed by atoms with E-state index >= 15 is 0 Å². The summed E-state index contributed by atoms with van der Waals surface area (Å²) in [5.74, 6) is 1.95. The number of rotatable bonds is 7. The zero-order valence-corrected chi connectivity index (χ0v) is 19.8. The summed E-state index contributed by atoms with van der Waals surface area (Å²) in [6, 6.07) is 33.3. The molecule has 172 valence electrons. The minimum atomic E-state index is -1.39. The van der Waals surface area contributed by atoms with Crippen LogP contribution in [0.4, 0.5) is 5.69 Å². The number of benzene rings is 4. The van der Waals surface area contributed by atoms with Gasteiger partial charge in [0.15, 0.2) is 20.3 Å². The van der Waals surface area contributed by atoms with E-state index in [1.54, 1.807) is 13.0 Å². The van der Waals surface area contributed by atoms with Crippen molar-refractivity contribution in [1.29, 1.82) is 0 Å². The van der Waals surface area contributed by atoms with Crippen LogP contribution in [0, 0.1) is 22.5 Å². The Hall–Kier alpha value is -4.34. The van der Waals surface area contributed by atoms with Crippen molar-refractivity contribution in [1.82, 2.24) is 0 Å². The van der Waals surface area contributed by atoms with E-state index in [0.717, 1.165) is 14.7 Å². The summed E-state index contributed by atoms with van der Waals surface area (Å²) < 4.78 is 5.76. The number of carbonyl (C=O) groups is 1. The Labute approximate surface area is 206 Å². The van der Waals surface area contributed by atoms with E-state index in [0.29, 0.717) is 11.1 Å². The highest BCUT2D eigenvalue weighted by atomic mass is 32.2. The van der Waals surface area contributed by atoms with Crippen molar-refractivity contribution >= 4 is 22.6 Å². The SMILES string of the molecule is C#CC(C)(OC(=O)c1cccc([S+](c2ccccc2)c2ccccc2)c1)c1ccc([N+](=O)[O-])cc1. The summed E-state index contributed by atoms with van der Waals surface area (Å²) >= 11 is 0. The number of carbonyl (C=O) groups excluding carboxylic acids is 1. The second-order valence-corrected chi connectivity index (χ2v) is 9.86. The topological polar surface area (TPSA) is 69.4 Å². The summed E-state index contributed by atoms with van der Waals surface area (Å²) in [6.07, 6.45) is 5.73. The number of non-ortho nitro benzene ring substituents is 1. The number of terminal acetylenes is 1. The maximum absolute atomic E-state index is 13.2. The lowest BCUT2D eigenvalue weighted by atomic mass is 9.96. The standard InChI is InChI=1S/C29H22NO4S/c1-3-29(2,23-17-19-24(20-18-23)30(32)33)34-28(31)22-11-10-16-27(21-22)35(25-12-6-4-7-13-25)26-14-8-5-9-15-26/h1,4-21H,2H3/q+1. The molecule has 0 amide bonds. The molecule has 4 aromatic rings. The first-order chi connectivity index (χ1) is 16.9. The van der Waals surface area contributed by atoms with Crippen molar-refractivity contribution in [3.05, 3.63) is 130 Å². The minimum absolute atomic E-state index is 0.0685. The van der Waals surface area contributed by atoms with E-state index in [4.69, 9.17) is 11.2 Å². The highest BCUT2D eigenvalue weighted by Gasteiger charge is 2.32. The third kappa shape index (κ3) is 5.26. The van der Waals surface area contributed by atoms with Gasteiger partial charge in [0.25, 0.3) is 5.69 Å². The normalized spacial score (nSPS) is 12.4. The number of hydrogen-bond acceptors (Lipinski definition) is 4. The fourth-order valence-electron chi connectivity index (χ4n) is 3.59. The van der Waals surface area contributed by atoms with Gasteiger partial charge in [-0.3, -0.25) is 10.1 Å². The van der Waals surface area contributed by atoms with Crippen LogP contribution < -0.4 is 0 Å². The van der Waals surface area contributed by atoms with Crippen molar-refractivity contribution in [2.45, 2.75) is 27.2 Å². The lowest BCUT2D eigenvalue weighted by molar-refractivity contribution is -0.384. The largest absolute Gasteiger partial charge is 0.438 e. The van der Waals surface area contributed by atoms with E-state index < -0.39 is 27.4 Å². The second kappa shape index (κ2) is 10.3. The summed E-state index contributed by atoms with van der Waals surface area (Å²) in [5, 5.41) is 11.0. The predicted molar refractivity (Wildman–Crippen MR) is 136 cm³/mol. The molecule has 0 aromatic heterocycles. The van der Waals surface area contributed by atoms with Crippen molar-refractivity contribution in [2.75, 3.05) is 0 Å². The fourth-order valence-corrected chi connectivity index (χ4v) is 5.72. The van der Waals surface area contributed by atoms with Crippen LogP contribution >= 0.6 is 0 Å². The molecule has 0 radical (unpaired) electrons. The van der Waals surface area contributed by atoms with Crippen molar-refractivity contribution in [2.24, 2.45) is 0 Å². The summed E-state index contributed by atoms with van der Waals surface area (Å²) in [5.41, 5.74) is -0.609. The zero-order chi connectivity index (χ0) is 24.8. The Balaban J connectivity index is 1.66. The molecule has 35 heavy (non-hydrogen) atoms. The number of hydrogen-bond donors (Lipinski definition) is 0. The molecule has 1 atom stereocenters. The molecule has 0 spiro atoms. The van der Waals surface area contributed by atoms with Gasteiger partial charge in [-0.1, -0.05) is 48.4 Å². The van der Waals surface area contributed by atoms with Gasteiger partial charge in [0, 0.05) is 23.8 Å². The highest BCUT2D eigenvalue weighted by Crippen LogP contribution is 2.32. The molecule has 4 rings (SSSR count). The van der Waals surface area contributed by atoms with Crippen LogP contribution in [0.25, 0.3) is 0 Å². The summed E-state index contributed by atoms with van der Waals surface area (Å²) in [6.45, 7) is 1.59. The lowest BCUT2D eigenvalue weighted by Gasteiger charge is -2.24. The first-order valence-corrected chi connectivity index (χ1v) is 12.0. The number of esters is 1. The maximum Gasteiger partial charge on any atom is 0.340 e. The van der Waals surface area contributed by atoms with E-state index in [2.05, 4.69) is 30.2 Å². The van der Waals surface area contributed by atoms with E-state index in [9.17, 15) is 14.9 Å². The highest BCUT2D eigenvalue weighted by molar-refractivity contribution is 7.97. The molecule has 6 heteroatoms. The third-order valence-corrected chi connectivity index (χ3v) is 7.68. The molecule has 0 bridgehead atoms. The molecule has 0 aliphatic heterocycles. The van der Waals surface area contributed by atoms with E-state index in [1.165, 1.54) is 24.3 Å². The van der Waals surface area contributed by atoms with Crippen LogP contribution in [0.15, 0.2) is 124 Å². The average Bonchev–Trinajstić information content (AvgIpc) is 2.90. The Morgan fingerprint density at radius 3 is 1.91 bits per heavy atom. The van der Waals surface area contributed by atoms with Crippen LogP contribution in [0.5, 0.6) is 0 Å². The maximum atomic E-state index is 13.2. The first kappa shape index (κ1) is 23.8. The van der Waals surface area contributed by atoms with Gasteiger partial charge in [-0.2, -0.15) is 0 Å². The van der Waals surface area contributed by atoms with Crippen LogP contribution in [0.3, 0.4) is 0 Å². The Bertz CT molecular complexity index is 1340. The summed E-state index contributed by atoms with van der Waals surface area (Å²) in [4.78, 5) is 26.9. The second-order valence-electron chi connectivity index (χ2n) is 7.83. The third-order valence-electron chi connectivity index (χ3n) is 5.46. The van der Waals surface area contributed by atoms with E-state index in [1.807, 2.05) is 54.6 Å². The number of nitrogens with zero attached hydrogens (tertiary/aromatic N) is 1. The van der Waals surface area contributed by atoms with E-state index in [-0.39, 0.29) is 5.69 Å². The fraction of sp³-hybridized carbons (Fsp3) is 0.0690. The Morgan fingerprint density at radius 1 is 0.857 bits per heavy atom. The molecule has 0 fully saturated rings. The van der Waals surface area contributed by atoms with Gasteiger partial charge < -0.3 is 4.74 Å². The van der Waals surface area contributed by atoms with Crippen LogP contribution in [-0.2, 0) is 21.2 Å². The monoisotopic (exact) mass is 480 g/mol. The zero-order valence-electron chi connectivity index (χ0n) is 19.0. The Kier molecular flexibility index (Phi) is 7.00. The molecule has 0 saturated carbocycles. The van der Waals surface area contributed by atoms with Crippen molar-refractivity contribution in [3.8, 4) is 12.3 Å². The van der Waals surface area contributed by atoms with Gasteiger partial charge in [-0.25, -0.2) is 4.79 Å². The molecule has 0 heterocycles. The van der Waals surface area contributed by atoms with Crippen LogP contribution in [0.2, 0.25) is 0 Å². The quantitative estimate of drug-likeness (QED) is 0.101. The number of nitro benzene ring substituents is 1. The number of nitro groups is 1. The van der Waals surface area contributed by atoms with Gasteiger partial charge in [0.05, 0.1) is 21.4 Å².